The second kappa shape index (κ2) is 4.70. The Balaban J connectivity index is 1.60. The molecule has 6 nitrogen and oxygen atoms in total. The molecular formula is C14H12BrN5O. The van der Waals surface area contributed by atoms with E-state index in [1.165, 1.54) is 0 Å². The fourth-order valence-corrected chi connectivity index (χ4v) is 2.83. The van der Waals surface area contributed by atoms with E-state index in [0.29, 0.717) is 11.7 Å². The molecule has 0 bridgehead atoms. The molecule has 1 saturated heterocycles. The Morgan fingerprint density at radius 2 is 2.14 bits per heavy atom. The minimum Gasteiger partial charge on any atom is -0.352 e. The molecule has 1 aliphatic rings. The first-order valence-electron chi connectivity index (χ1n) is 6.64. The molecule has 21 heavy (non-hydrogen) atoms. The van der Waals surface area contributed by atoms with Crippen molar-refractivity contribution in [1.82, 2.24) is 19.2 Å². The summed E-state index contributed by atoms with van der Waals surface area (Å²) in [4.78, 5) is 18.7. The molecule has 0 unspecified atom stereocenters. The Labute approximate surface area is 128 Å². The van der Waals surface area contributed by atoms with Crippen LogP contribution in [-0.4, -0.2) is 32.3 Å². The molecule has 0 radical (unpaired) electrons. The van der Waals surface area contributed by atoms with Gasteiger partial charge < -0.3 is 4.90 Å². The molecule has 1 fully saturated rings. The van der Waals surface area contributed by atoms with Gasteiger partial charge in [-0.2, -0.15) is 5.10 Å². The topological polar surface area (TPSA) is 55.4 Å². The van der Waals surface area contributed by atoms with Gasteiger partial charge in [-0.25, -0.2) is 4.98 Å². The van der Waals surface area contributed by atoms with Crippen LogP contribution in [0, 0.1) is 0 Å². The molecule has 1 aliphatic heterocycles. The van der Waals surface area contributed by atoms with E-state index >= 15 is 0 Å². The van der Waals surface area contributed by atoms with E-state index in [-0.39, 0.29) is 5.56 Å². The van der Waals surface area contributed by atoms with E-state index in [1.54, 1.807) is 22.9 Å². The zero-order chi connectivity index (χ0) is 14.4. The van der Waals surface area contributed by atoms with Crippen LogP contribution in [0.15, 0.2) is 52.1 Å². The van der Waals surface area contributed by atoms with Crippen molar-refractivity contribution in [2.45, 2.75) is 6.04 Å². The van der Waals surface area contributed by atoms with E-state index in [1.807, 2.05) is 29.1 Å². The molecule has 0 aliphatic carbocycles. The Morgan fingerprint density at radius 1 is 1.29 bits per heavy atom. The second-order valence-electron chi connectivity index (χ2n) is 5.08. The first-order chi connectivity index (χ1) is 10.2. The van der Waals surface area contributed by atoms with Crippen molar-refractivity contribution in [2.24, 2.45) is 0 Å². The van der Waals surface area contributed by atoms with E-state index in [9.17, 15) is 4.79 Å². The normalized spacial score (nSPS) is 15.4. The van der Waals surface area contributed by atoms with Crippen LogP contribution >= 0.6 is 15.9 Å². The number of fused-ring (bicyclic) bond motifs is 1. The second-order valence-corrected chi connectivity index (χ2v) is 5.99. The maximum atomic E-state index is 12.1. The summed E-state index contributed by atoms with van der Waals surface area (Å²) in [6.45, 7) is 1.62. The zero-order valence-corrected chi connectivity index (χ0v) is 12.6. The van der Waals surface area contributed by atoms with Crippen LogP contribution in [0.1, 0.15) is 6.04 Å². The molecule has 0 aromatic carbocycles. The van der Waals surface area contributed by atoms with Gasteiger partial charge in [-0.1, -0.05) is 6.07 Å². The predicted molar refractivity (Wildman–Crippen MR) is 82.6 cm³/mol. The SMILES string of the molecule is O=c1cc(N2CC(n3cc(Br)cn3)C2)nc2ccccn12. The van der Waals surface area contributed by atoms with Gasteiger partial charge in [-0.05, 0) is 28.1 Å². The van der Waals surface area contributed by atoms with Gasteiger partial charge in [0.1, 0.15) is 11.5 Å². The van der Waals surface area contributed by atoms with Gasteiger partial charge in [0.15, 0.2) is 0 Å². The third-order valence-electron chi connectivity index (χ3n) is 3.69. The molecule has 0 amide bonds. The molecule has 0 atom stereocenters. The van der Waals surface area contributed by atoms with E-state index < -0.39 is 0 Å². The summed E-state index contributed by atoms with van der Waals surface area (Å²) in [6.07, 6.45) is 5.47. The van der Waals surface area contributed by atoms with Gasteiger partial charge in [0.25, 0.3) is 5.56 Å². The Bertz CT molecular complexity index is 865. The lowest BCUT2D eigenvalue weighted by Crippen LogP contribution is -2.48. The standard InChI is InChI=1S/C14H12BrN5O/c15-10-6-16-20(7-10)11-8-18(9-11)13-5-14(21)19-4-2-1-3-12(19)17-13/h1-7,11H,8-9H2. The van der Waals surface area contributed by atoms with Crippen LogP contribution in [0.25, 0.3) is 5.65 Å². The molecule has 4 rings (SSSR count). The highest BCUT2D eigenvalue weighted by atomic mass is 79.9. The molecule has 0 spiro atoms. The maximum Gasteiger partial charge on any atom is 0.259 e. The van der Waals surface area contributed by atoms with Crippen molar-refractivity contribution in [3.63, 3.8) is 0 Å². The summed E-state index contributed by atoms with van der Waals surface area (Å²) in [7, 11) is 0. The number of rotatable bonds is 2. The maximum absolute atomic E-state index is 12.1. The highest BCUT2D eigenvalue weighted by Crippen LogP contribution is 2.26. The third kappa shape index (κ3) is 2.13. The lowest BCUT2D eigenvalue weighted by Gasteiger charge is -2.39. The zero-order valence-electron chi connectivity index (χ0n) is 11.1. The largest absolute Gasteiger partial charge is 0.352 e. The summed E-state index contributed by atoms with van der Waals surface area (Å²) in [5.41, 5.74) is 0.617. The summed E-state index contributed by atoms with van der Waals surface area (Å²) < 4.78 is 4.46. The third-order valence-corrected chi connectivity index (χ3v) is 4.10. The van der Waals surface area contributed by atoms with Crippen molar-refractivity contribution in [1.29, 1.82) is 0 Å². The van der Waals surface area contributed by atoms with Crippen LogP contribution in [0.2, 0.25) is 0 Å². The van der Waals surface area contributed by atoms with E-state index in [2.05, 4.69) is 30.9 Å². The number of anilines is 1. The predicted octanol–water partition coefficient (Wildman–Crippen LogP) is 1.71. The molecule has 3 aromatic heterocycles. The van der Waals surface area contributed by atoms with E-state index in [4.69, 9.17) is 0 Å². The lowest BCUT2D eigenvalue weighted by molar-refractivity contribution is 0.366. The summed E-state index contributed by atoms with van der Waals surface area (Å²) in [6, 6.07) is 7.46. The summed E-state index contributed by atoms with van der Waals surface area (Å²) in [5, 5.41) is 4.29. The van der Waals surface area contributed by atoms with E-state index in [0.717, 1.165) is 23.4 Å². The molecule has 0 N–H and O–H groups in total. The number of hydrogen-bond acceptors (Lipinski definition) is 4. The molecule has 7 heteroatoms. The molecule has 0 saturated carbocycles. The molecule has 4 heterocycles. The van der Waals surface area contributed by atoms with Crippen LogP contribution in [-0.2, 0) is 0 Å². The average Bonchev–Trinajstić information content (AvgIpc) is 2.84. The fraction of sp³-hybridized carbons (Fsp3) is 0.214. The first kappa shape index (κ1) is 12.6. The van der Waals surface area contributed by atoms with Crippen LogP contribution < -0.4 is 10.5 Å². The molecule has 106 valence electrons. The van der Waals surface area contributed by atoms with Gasteiger partial charge in [-0.15, -0.1) is 0 Å². The van der Waals surface area contributed by atoms with Gasteiger partial charge in [-0.3, -0.25) is 13.9 Å². The number of nitrogens with zero attached hydrogens (tertiary/aromatic N) is 5. The minimum absolute atomic E-state index is 0.0547. The van der Waals surface area contributed by atoms with Crippen LogP contribution in [0.3, 0.4) is 0 Å². The highest BCUT2D eigenvalue weighted by molar-refractivity contribution is 9.10. The Kier molecular flexibility index (Phi) is 2.81. The average molecular weight is 346 g/mol. The summed E-state index contributed by atoms with van der Waals surface area (Å²) in [5.74, 6) is 0.730. The molecule has 3 aromatic rings. The monoisotopic (exact) mass is 345 g/mol. The van der Waals surface area contributed by atoms with Crippen molar-refractivity contribution < 1.29 is 0 Å². The van der Waals surface area contributed by atoms with Gasteiger partial charge >= 0.3 is 0 Å². The highest BCUT2D eigenvalue weighted by Gasteiger charge is 2.30. The number of hydrogen-bond donors (Lipinski definition) is 0. The Hall–Kier alpha value is -2.15. The smallest absolute Gasteiger partial charge is 0.259 e. The van der Waals surface area contributed by atoms with Gasteiger partial charge in [0.05, 0.1) is 16.7 Å². The van der Waals surface area contributed by atoms with Crippen LogP contribution in [0.4, 0.5) is 5.82 Å². The quantitative estimate of drug-likeness (QED) is 0.709. The lowest BCUT2D eigenvalue weighted by atomic mass is 10.1. The van der Waals surface area contributed by atoms with Crippen molar-refractivity contribution >= 4 is 27.4 Å². The minimum atomic E-state index is -0.0547. The van der Waals surface area contributed by atoms with Gasteiger partial charge in [0, 0.05) is 31.5 Å². The number of halogens is 1. The number of aromatic nitrogens is 4. The fourth-order valence-electron chi connectivity index (χ4n) is 2.53. The number of pyridine rings is 1. The van der Waals surface area contributed by atoms with Crippen molar-refractivity contribution in [3.8, 4) is 0 Å². The van der Waals surface area contributed by atoms with Crippen molar-refractivity contribution in [3.05, 3.63) is 57.7 Å². The first-order valence-corrected chi connectivity index (χ1v) is 7.43. The Morgan fingerprint density at radius 3 is 2.90 bits per heavy atom. The molecular weight excluding hydrogens is 334 g/mol. The summed E-state index contributed by atoms with van der Waals surface area (Å²) >= 11 is 3.40. The van der Waals surface area contributed by atoms with Crippen LogP contribution in [0.5, 0.6) is 0 Å². The van der Waals surface area contributed by atoms with Crippen molar-refractivity contribution in [2.75, 3.05) is 18.0 Å². The van der Waals surface area contributed by atoms with Gasteiger partial charge in [0.2, 0.25) is 0 Å².